The van der Waals surface area contributed by atoms with Gasteiger partial charge in [-0.25, -0.2) is 0 Å². The van der Waals surface area contributed by atoms with Crippen LogP contribution in [-0.2, 0) is 4.79 Å². The summed E-state index contributed by atoms with van der Waals surface area (Å²) < 4.78 is 10.6. The fourth-order valence-corrected chi connectivity index (χ4v) is 2.07. The lowest BCUT2D eigenvalue weighted by Gasteiger charge is -2.06. The summed E-state index contributed by atoms with van der Waals surface area (Å²) in [5.41, 5.74) is 0. The second kappa shape index (κ2) is 8.25. The molecule has 2 heterocycles. The predicted octanol–water partition coefficient (Wildman–Crippen LogP) is 1.45. The van der Waals surface area contributed by atoms with Gasteiger partial charge in [0.2, 0.25) is 11.8 Å². The number of thioether (sulfide) groups is 1. The van der Waals surface area contributed by atoms with E-state index in [9.17, 15) is 4.79 Å². The molecule has 0 bridgehead atoms. The molecule has 2 aromatic heterocycles. The molecule has 21 heavy (non-hydrogen) atoms. The molecule has 1 N–H and O–H groups in total. The standard InChI is InChI=1S/C13H16N4O3S/c1-10-16-17-13(20-10)21-9-12(18)15-6-3-7-19-11-4-2-5-14-8-11/h2,4-5,8H,3,6-7,9H2,1H3,(H,15,18). The molecule has 2 aromatic rings. The van der Waals surface area contributed by atoms with Crippen molar-refractivity contribution in [2.75, 3.05) is 18.9 Å². The summed E-state index contributed by atoms with van der Waals surface area (Å²) in [5.74, 6) is 1.40. The Kier molecular flexibility index (Phi) is 6.01. The maximum absolute atomic E-state index is 11.6. The Balaban J connectivity index is 1.53. The number of amides is 1. The summed E-state index contributed by atoms with van der Waals surface area (Å²) in [6.45, 7) is 2.80. The highest BCUT2D eigenvalue weighted by Crippen LogP contribution is 2.14. The van der Waals surface area contributed by atoms with E-state index in [2.05, 4.69) is 20.5 Å². The highest BCUT2D eigenvalue weighted by molar-refractivity contribution is 7.99. The summed E-state index contributed by atoms with van der Waals surface area (Å²) in [6, 6.07) is 3.65. The van der Waals surface area contributed by atoms with Gasteiger partial charge in [-0.3, -0.25) is 9.78 Å². The number of pyridine rings is 1. The van der Waals surface area contributed by atoms with Crippen LogP contribution in [0.1, 0.15) is 12.3 Å². The number of carbonyl (C=O) groups is 1. The fraction of sp³-hybridized carbons (Fsp3) is 0.385. The van der Waals surface area contributed by atoms with Crippen LogP contribution in [0, 0.1) is 6.92 Å². The van der Waals surface area contributed by atoms with E-state index in [-0.39, 0.29) is 11.7 Å². The quantitative estimate of drug-likeness (QED) is 0.583. The van der Waals surface area contributed by atoms with E-state index in [1.807, 2.05) is 12.1 Å². The third-order valence-corrected chi connectivity index (χ3v) is 3.20. The second-order valence-electron chi connectivity index (χ2n) is 4.12. The van der Waals surface area contributed by atoms with E-state index in [0.29, 0.717) is 24.3 Å². The van der Waals surface area contributed by atoms with Crippen molar-refractivity contribution in [3.63, 3.8) is 0 Å². The maximum Gasteiger partial charge on any atom is 0.277 e. The number of nitrogens with one attached hydrogen (secondary N) is 1. The van der Waals surface area contributed by atoms with Gasteiger partial charge in [-0.05, 0) is 18.6 Å². The average Bonchev–Trinajstić information content (AvgIpc) is 2.91. The number of aryl methyl sites for hydroxylation is 1. The van der Waals surface area contributed by atoms with Gasteiger partial charge >= 0.3 is 0 Å². The molecule has 0 aliphatic carbocycles. The summed E-state index contributed by atoms with van der Waals surface area (Å²) in [4.78, 5) is 15.5. The van der Waals surface area contributed by atoms with Gasteiger partial charge < -0.3 is 14.5 Å². The molecule has 0 atom stereocenters. The highest BCUT2D eigenvalue weighted by atomic mass is 32.2. The number of carbonyl (C=O) groups excluding carboxylic acids is 1. The highest BCUT2D eigenvalue weighted by Gasteiger charge is 2.07. The zero-order valence-corrected chi connectivity index (χ0v) is 12.4. The van der Waals surface area contributed by atoms with Crippen LogP contribution in [0.25, 0.3) is 0 Å². The molecule has 7 nitrogen and oxygen atoms in total. The van der Waals surface area contributed by atoms with E-state index in [1.165, 1.54) is 11.8 Å². The summed E-state index contributed by atoms with van der Waals surface area (Å²) in [6.07, 6.45) is 4.07. The van der Waals surface area contributed by atoms with Crippen LogP contribution in [-0.4, -0.2) is 40.0 Å². The molecule has 0 saturated heterocycles. The first-order valence-electron chi connectivity index (χ1n) is 6.46. The van der Waals surface area contributed by atoms with E-state index >= 15 is 0 Å². The molecule has 0 unspecified atom stereocenters. The Bertz CT molecular complexity index is 562. The fourth-order valence-electron chi connectivity index (χ4n) is 1.44. The minimum absolute atomic E-state index is 0.0720. The van der Waals surface area contributed by atoms with Gasteiger partial charge in [0.15, 0.2) is 0 Å². The predicted molar refractivity (Wildman–Crippen MR) is 77.1 cm³/mol. The number of nitrogens with zero attached hydrogens (tertiary/aromatic N) is 3. The van der Waals surface area contributed by atoms with Gasteiger partial charge in [-0.15, -0.1) is 10.2 Å². The van der Waals surface area contributed by atoms with Crippen molar-refractivity contribution in [2.24, 2.45) is 0 Å². The number of aromatic nitrogens is 3. The third kappa shape index (κ3) is 5.82. The molecule has 112 valence electrons. The molecule has 0 radical (unpaired) electrons. The number of rotatable bonds is 8. The largest absolute Gasteiger partial charge is 0.492 e. The summed E-state index contributed by atoms with van der Waals surface area (Å²) >= 11 is 1.22. The summed E-state index contributed by atoms with van der Waals surface area (Å²) in [7, 11) is 0. The summed E-state index contributed by atoms with van der Waals surface area (Å²) in [5, 5.41) is 10.7. The Morgan fingerprint density at radius 1 is 1.48 bits per heavy atom. The lowest BCUT2D eigenvalue weighted by Crippen LogP contribution is -2.27. The van der Waals surface area contributed by atoms with Crippen LogP contribution >= 0.6 is 11.8 Å². The van der Waals surface area contributed by atoms with Crippen LogP contribution in [0.4, 0.5) is 0 Å². The Hall–Kier alpha value is -2.09. The van der Waals surface area contributed by atoms with E-state index in [1.54, 1.807) is 19.3 Å². The average molecular weight is 308 g/mol. The number of hydrogen-bond donors (Lipinski definition) is 1. The van der Waals surface area contributed by atoms with E-state index in [4.69, 9.17) is 9.15 Å². The second-order valence-corrected chi connectivity index (χ2v) is 5.04. The molecule has 0 fully saturated rings. The Labute approximate surface area is 126 Å². The first-order chi connectivity index (χ1) is 10.2. The minimum atomic E-state index is -0.0720. The molecule has 0 aliphatic heterocycles. The molecule has 0 aliphatic rings. The lowest BCUT2D eigenvalue weighted by atomic mass is 10.4. The normalized spacial score (nSPS) is 10.3. The Morgan fingerprint density at radius 2 is 2.38 bits per heavy atom. The van der Waals surface area contributed by atoms with Crippen LogP contribution in [0.15, 0.2) is 34.2 Å². The molecule has 2 rings (SSSR count). The van der Waals surface area contributed by atoms with Gasteiger partial charge in [0.05, 0.1) is 18.6 Å². The van der Waals surface area contributed by atoms with Crippen LogP contribution in [0.5, 0.6) is 5.75 Å². The monoisotopic (exact) mass is 308 g/mol. The number of ether oxygens (including phenoxy) is 1. The maximum atomic E-state index is 11.6. The smallest absolute Gasteiger partial charge is 0.277 e. The van der Waals surface area contributed by atoms with Gasteiger partial charge in [-0.1, -0.05) is 11.8 Å². The van der Waals surface area contributed by atoms with Crippen molar-refractivity contribution in [3.8, 4) is 5.75 Å². The van der Waals surface area contributed by atoms with Crippen molar-refractivity contribution in [2.45, 2.75) is 18.6 Å². The topological polar surface area (TPSA) is 90.1 Å². The first kappa shape index (κ1) is 15.3. The van der Waals surface area contributed by atoms with Crippen molar-refractivity contribution in [1.29, 1.82) is 0 Å². The molecule has 0 spiro atoms. The van der Waals surface area contributed by atoms with Crippen molar-refractivity contribution >= 4 is 17.7 Å². The molecular formula is C13H16N4O3S. The van der Waals surface area contributed by atoms with Crippen molar-refractivity contribution in [3.05, 3.63) is 30.4 Å². The van der Waals surface area contributed by atoms with Crippen molar-refractivity contribution < 1.29 is 13.9 Å². The van der Waals surface area contributed by atoms with Gasteiger partial charge in [0.25, 0.3) is 5.22 Å². The minimum Gasteiger partial charge on any atom is -0.492 e. The van der Waals surface area contributed by atoms with Crippen LogP contribution in [0.2, 0.25) is 0 Å². The van der Waals surface area contributed by atoms with E-state index < -0.39 is 0 Å². The first-order valence-corrected chi connectivity index (χ1v) is 7.45. The van der Waals surface area contributed by atoms with Crippen molar-refractivity contribution in [1.82, 2.24) is 20.5 Å². The zero-order chi connectivity index (χ0) is 14.9. The lowest BCUT2D eigenvalue weighted by molar-refractivity contribution is -0.118. The SMILES string of the molecule is Cc1nnc(SCC(=O)NCCCOc2cccnc2)o1. The third-order valence-electron chi connectivity index (χ3n) is 2.38. The van der Waals surface area contributed by atoms with Gasteiger partial charge in [0, 0.05) is 19.7 Å². The molecule has 0 saturated carbocycles. The number of hydrogen-bond acceptors (Lipinski definition) is 7. The van der Waals surface area contributed by atoms with Crippen LogP contribution in [0.3, 0.4) is 0 Å². The zero-order valence-electron chi connectivity index (χ0n) is 11.6. The molecular weight excluding hydrogens is 292 g/mol. The van der Waals surface area contributed by atoms with E-state index in [0.717, 1.165) is 12.2 Å². The molecule has 1 amide bonds. The van der Waals surface area contributed by atoms with Gasteiger partial charge in [-0.2, -0.15) is 0 Å². The Morgan fingerprint density at radius 3 is 3.10 bits per heavy atom. The molecule has 8 heteroatoms. The van der Waals surface area contributed by atoms with Gasteiger partial charge in [0.1, 0.15) is 5.75 Å². The van der Waals surface area contributed by atoms with Crippen LogP contribution < -0.4 is 10.1 Å². The molecule has 0 aromatic carbocycles.